The molecule has 7 nitrogen and oxygen atoms in total. The Balaban J connectivity index is 2.09. The quantitative estimate of drug-likeness (QED) is 0.684. The topological polar surface area (TPSA) is 80.6 Å². The molecule has 1 heterocycles. The van der Waals surface area contributed by atoms with E-state index in [0.717, 1.165) is 16.7 Å². The first kappa shape index (κ1) is 22.2. The summed E-state index contributed by atoms with van der Waals surface area (Å²) in [4.78, 5) is 2.20. The minimum Gasteiger partial charge on any atom is -0.493 e. The van der Waals surface area contributed by atoms with Gasteiger partial charge in [0, 0.05) is 18.6 Å². The third-order valence-corrected chi connectivity index (χ3v) is 5.83. The predicted octanol–water partition coefficient (Wildman–Crippen LogP) is 2.73. The highest BCUT2D eigenvalue weighted by Crippen LogP contribution is 2.45. The number of fused-ring (bicyclic) bond motifs is 1. The molecule has 1 aliphatic rings. The van der Waals surface area contributed by atoms with E-state index >= 15 is 0 Å². The summed E-state index contributed by atoms with van der Waals surface area (Å²) in [5, 5.41) is 19.7. The van der Waals surface area contributed by atoms with Gasteiger partial charge in [0.15, 0.2) is 23.0 Å². The summed E-state index contributed by atoms with van der Waals surface area (Å²) >= 11 is 0. The van der Waals surface area contributed by atoms with Crippen LogP contribution >= 0.6 is 0 Å². The van der Waals surface area contributed by atoms with E-state index in [9.17, 15) is 10.2 Å². The van der Waals surface area contributed by atoms with Crippen LogP contribution in [-0.4, -0.2) is 62.8 Å². The number of aliphatic hydroxyl groups excluding tert-OH is 2. The summed E-state index contributed by atoms with van der Waals surface area (Å²) in [7, 11) is 6.48. The van der Waals surface area contributed by atoms with Crippen LogP contribution in [0.5, 0.6) is 23.0 Å². The van der Waals surface area contributed by atoms with Crippen molar-refractivity contribution in [3.05, 3.63) is 47.0 Å². The number of hydrogen-bond donors (Lipinski definition) is 2. The first-order valence-electron chi connectivity index (χ1n) is 9.98. The van der Waals surface area contributed by atoms with Crippen LogP contribution in [0.25, 0.3) is 0 Å². The van der Waals surface area contributed by atoms with Gasteiger partial charge in [0.25, 0.3) is 0 Å². The zero-order valence-corrected chi connectivity index (χ0v) is 18.2. The van der Waals surface area contributed by atoms with Crippen molar-refractivity contribution in [2.45, 2.75) is 31.5 Å². The maximum absolute atomic E-state index is 10.2. The first-order valence-corrected chi connectivity index (χ1v) is 9.98. The Morgan fingerprint density at radius 2 is 1.53 bits per heavy atom. The molecule has 3 rings (SSSR count). The molecular weight excluding hydrogens is 386 g/mol. The lowest BCUT2D eigenvalue weighted by Crippen LogP contribution is -2.42. The Morgan fingerprint density at radius 1 is 0.933 bits per heavy atom. The van der Waals surface area contributed by atoms with Gasteiger partial charge in [-0.2, -0.15) is 0 Å². The fourth-order valence-electron chi connectivity index (χ4n) is 4.23. The Hall–Kier alpha value is -2.48. The van der Waals surface area contributed by atoms with Gasteiger partial charge in [-0.05, 0) is 54.3 Å². The van der Waals surface area contributed by atoms with Crippen LogP contribution in [0.3, 0.4) is 0 Å². The minimum absolute atomic E-state index is 0.00662. The molecule has 0 saturated carbocycles. The smallest absolute Gasteiger partial charge is 0.161 e. The highest BCUT2D eigenvalue weighted by Gasteiger charge is 2.35. The van der Waals surface area contributed by atoms with Crippen molar-refractivity contribution in [1.82, 2.24) is 4.90 Å². The number of nitrogens with zero attached hydrogens (tertiary/aromatic N) is 1. The Morgan fingerprint density at radius 3 is 2.13 bits per heavy atom. The first-order chi connectivity index (χ1) is 14.5. The van der Waals surface area contributed by atoms with Gasteiger partial charge in [0.1, 0.15) is 0 Å². The van der Waals surface area contributed by atoms with Gasteiger partial charge in [-0.15, -0.1) is 0 Å². The van der Waals surface area contributed by atoms with Crippen molar-refractivity contribution in [2.24, 2.45) is 0 Å². The van der Waals surface area contributed by atoms with Crippen molar-refractivity contribution in [3.63, 3.8) is 0 Å². The zero-order valence-electron chi connectivity index (χ0n) is 18.2. The predicted molar refractivity (Wildman–Crippen MR) is 114 cm³/mol. The molecule has 0 spiro atoms. The number of ether oxygens (including phenoxy) is 4. The highest BCUT2D eigenvalue weighted by atomic mass is 16.5. The molecule has 2 N–H and O–H groups in total. The molecule has 1 aliphatic heterocycles. The number of β-amino-alcohol motifs (C(OH)–C–C–N with tert-alkyl or cyclic N) is 1. The van der Waals surface area contributed by atoms with E-state index in [2.05, 4.69) is 11.8 Å². The summed E-state index contributed by atoms with van der Waals surface area (Å²) < 4.78 is 21.9. The molecule has 0 aromatic heterocycles. The Bertz CT molecular complexity index is 871. The van der Waals surface area contributed by atoms with Crippen LogP contribution in [0.4, 0.5) is 0 Å². The molecule has 0 bridgehead atoms. The van der Waals surface area contributed by atoms with Gasteiger partial charge < -0.3 is 29.2 Å². The second-order valence-corrected chi connectivity index (χ2v) is 7.45. The van der Waals surface area contributed by atoms with Crippen molar-refractivity contribution >= 4 is 0 Å². The van der Waals surface area contributed by atoms with E-state index in [4.69, 9.17) is 18.9 Å². The molecule has 3 atom stereocenters. The summed E-state index contributed by atoms with van der Waals surface area (Å²) in [6, 6.07) is 9.88. The van der Waals surface area contributed by atoms with Gasteiger partial charge in [-0.3, -0.25) is 4.90 Å². The van der Waals surface area contributed by atoms with E-state index in [-0.39, 0.29) is 18.7 Å². The molecule has 7 heteroatoms. The average molecular weight is 418 g/mol. The van der Waals surface area contributed by atoms with Crippen molar-refractivity contribution in [1.29, 1.82) is 0 Å². The molecule has 2 aromatic rings. The van der Waals surface area contributed by atoms with Crippen LogP contribution < -0.4 is 18.9 Å². The molecular formula is C23H31NO6. The lowest BCUT2D eigenvalue weighted by molar-refractivity contribution is 0.0218. The monoisotopic (exact) mass is 417 g/mol. The van der Waals surface area contributed by atoms with E-state index in [1.54, 1.807) is 28.4 Å². The Labute approximate surface area is 177 Å². The molecule has 0 radical (unpaired) electrons. The van der Waals surface area contributed by atoms with Crippen LogP contribution in [0.1, 0.15) is 35.7 Å². The fraction of sp³-hybridized carbons (Fsp3) is 0.478. The van der Waals surface area contributed by atoms with Crippen molar-refractivity contribution in [2.75, 3.05) is 41.6 Å². The van der Waals surface area contributed by atoms with E-state index in [1.165, 1.54) is 0 Å². The highest BCUT2D eigenvalue weighted by molar-refractivity contribution is 5.51. The minimum atomic E-state index is -0.836. The fourth-order valence-corrected chi connectivity index (χ4v) is 4.23. The van der Waals surface area contributed by atoms with Gasteiger partial charge in [0.2, 0.25) is 0 Å². The molecule has 2 aromatic carbocycles. The summed E-state index contributed by atoms with van der Waals surface area (Å²) in [6.07, 6.45) is -0.120. The molecule has 0 saturated heterocycles. The summed E-state index contributed by atoms with van der Waals surface area (Å²) in [5.74, 6) is 2.69. The number of aliphatic hydroxyl groups is 2. The van der Waals surface area contributed by atoms with Gasteiger partial charge in [-0.25, -0.2) is 0 Å². The van der Waals surface area contributed by atoms with Crippen molar-refractivity contribution in [3.8, 4) is 23.0 Å². The lowest BCUT2D eigenvalue weighted by atomic mass is 9.85. The van der Waals surface area contributed by atoms with Gasteiger partial charge in [0.05, 0.1) is 41.2 Å². The average Bonchev–Trinajstić information content (AvgIpc) is 2.79. The third kappa shape index (κ3) is 4.19. The third-order valence-electron chi connectivity index (χ3n) is 5.83. The molecule has 0 aliphatic carbocycles. The standard InChI is InChI=1S/C23H31NO6/c1-14-18-11-23(30-5)22(29-4)10-16(18)8-19(24(14)12-17(26)13-25)15-6-7-20(27-2)21(9-15)28-3/h6-7,9-11,14,17,19,25-26H,8,12-13H2,1-5H3. The summed E-state index contributed by atoms with van der Waals surface area (Å²) in [5.41, 5.74) is 3.33. The normalized spacial score (nSPS) is 19.7. The summed E-state index contributed by atoms with van der Waals surface area (Å²) in [6.45, 7) is 2.15. The molecule has 0 fully saturated rings. The van der Waals surface area contributed by atoms with E-state index in [1.807, 2.05) is 30.3 Å². The van der Waals surface area contributed by atoms with Crippen LogP contribution in [0.15, 0.2) is 30.3 Å². The van der Waals surface area contributed by atoms with E-state index in [0.29, 0.717) is 36.0 Å². The maximum atomic E-state index is 10.2. The molecule has 3 unspecified atom stereocenters. The molecule has 0 amide bonds. The largest absolute Gasteiger partial charge is 0.493 e. The number of methoxy groups -OCH3 is 4. The van der Waals surface area contributed by atoms with Gasteiger partial charge >= 0.3 is 0 Å². The maximum Gasteiger partial charge on any atom is 0.161 e. The Kier molecular flexibility index (Phi) is 7.07. The number of benzene rings is 2. The van der Waals surface area contributed by atoms with Crippen molar-refractivity contribution < 1.29 is 29.2 Å². The second kappa shape index (κ2) is 9.55. The van der Waals surface area contributed by atoms with Gasteiger partial charge in [-0.1, -0.05) is 6.07 Å². The molecule has 164 valence electrons. The zero-order chi connectivity index (χ0) is 21.8. The second-order valence-electron chi connectivity index (χ2n) is 7.45. The molecule has 30 heavy (non-hydrogen) atoms. The van der Waals surface area contributed by atoms with Crippen LogP contribution in [-0.2, 0) is 6.42 Å². The van der Waals surface area contributed by atoms with Crippen LogP contribution in [0, 0.1) is 0 Å². The van der Waals surface area contributed by atoms with Crippen LogP contribution in [0.2, 0.25) is 0 Å². The lowest BCUT2D eigenvalue weighted by Gasteiger charge is -2.43. The number of hydrogen-bond acceptors (Lipinski definition) is 7. The SMILES string of the molecule is COc1ccc(C2Cc3cc(OC)c(OC)cc3C(C)N2CC(O)CO)cc1OC. The van der Waals surface area contributed by atoms with E-state index < -0.39 is 6.10 Å². The number of rotatable bonds is 8.